The molecule has 0 unspecified atom stereocenters. The average Bonchev–Trinajstić information content (AvgIpc) is 2.72. The van der Waals surface area contributed by atoms with Crippen LogP contribution in [0.4, 0.5) is 0 Å². The lowest BCUT2D eigenvalue weighted by Crippen LogP contribution is -2.13. The lowest BCUT2D eigenvalue weighted by molar-refractivity contribution is 0.111. The SMILES string of the molecule is Cc1cccc2c1-n1cnc(C=O)c1CC2. The molecule has 0 fully saturated rings. The Labute approximate surface area is 93.7 Å². The third kappa shape index (κ3) is 1.14. The van der Waals surface area contributed by atoms with Gasteiger partial charge in [-0.2, -0.15) is 0 Å². The van der Waals surface area contributed by atoms with E-state index in [2.05, 4.69) is 34.7 Å². The number of nitrogens with zero attached hydrogens (tertiary/aromatic N) is 2. The van der Waals surface area contributed by atoms with E-state index in [1.54, 1.807) is 6.33 Å². The van der Waals surface area contributed by atoms with Gasteiger partial charge in [-0.25, -0.2) is 4.98 Å². The molecule has 3 heteroatoms. The fraction of sp³-hybridized carbons (Fsp3) is 0.231. The molecule has 0 N–H and O–H groups in total. The van der Waals surface area contributed by atoms with Gasteiger partial charge in [-0.3, -0.25) is 4.79 Å². The monoisotopic (exact) mass is 212 g/mol. The summed E-state index contributed by atoms with van der Waals surface area (Å²) in [5.41, 5.74) is 5.38. The Hall–Kier alpha value is -1.90. The molecule has 2 heterocycles. The molecule has 1 aromatic heterocycles. The number of fused-ring (bicyclic) bond motifs is 3. The van der Waals surface area contributed by atoms with Crippen molar-refractivity contribution < 1.29 is 4.79 Å². The van der Waals surface area contributed by atoms with Crippen molar-refractivity contribution in [2.75, 3.05) is 0 Å². The number of aromatic nitrogens is 2. The first-order chi connectivity index (χ1) is 7.81. The van der Waals surface area contributed by atoms with Crippen molar-refractivity contribution in [2.45, 2.75) is 19.8 Å². The summed E-state index contributed by atoms with van der Waals surface area (Å²) in [6, 6.07) is 6.32. The van der Waals surface area contributed by atoms with Gasteiger partial charge >= 0.3 is 0 Å². The number of aryl methyl sites for hydroxylation is 2. The van der Waals surface area contributed by atoms with Gasteiger partial charge in [0.15, 0.2) is 6.29 Å². The van der Waals surface area contributed by atoms with Crippen LogP contribution in [-0.4, -0.2) is 15.8 Å². The van der Waals surface area contributed by atoms with E-state index in [0.717, 1.165) is 24.8 Å². The second kappa shape index (κ2) is 3.30. The number of aldehydes is 1. The predicted octanol–water partition coefficient (Wildman–Crippen LogP) is 2.09. The minimum atomic E-state index is 0.578. The van der Waals surface area contributed by atoms with Gasteiger partial charge in [-0.1, -0.05) is 18.2 Å². The van der Waals surface area contributed by atoms with Gasteiger partial charge in [0.1, 0.15) is 12.0 Å². The summed E-state index contributed by atoms with van der Waals surface area (Å²) in [7, 11) is 0. The number of hydrogen-bond acceptors (Lipinski definition) is 2. The molecule has 0 saturated heterocycles. The highest BCUT2D eigenvalue weighted by atomic mass is 16.1. The second-order valence-corrected chi connectivity index (χ2v) is 4.15. The predicted molar refractivity (Wildman–Crippen MR) is 61.1 cm³/mol. The largest absolute Gasteiger partial charge is 0.302 e. The number of carbonyl (C=O) groups excluding carboxylic acids is 1. The molecule has 2 aromatic rings. The molecule has 0 spiro atoms. The summed E-state index contributed by atoms with van der Waals surface area (Å²) in [5, 5.41) is 0. The molecule has 0 amide bonds. The van der Waals surface area contributed by atoms with Crippen molar-refractivity contribution in [2.24, 2.45) is 0 Å². The Bertz CT molecular complexity index is 569. The number of imidazole rings is 1. The first-order valence-corrected chi connectivity index (χ1v) is 5.41. The van der Waals surface area contributed by atoms with Gasteiger partial charge in [0.05, 0.1) is 11.4 Å². The highest BCUT2D eigenvalue weighted by Gasteiger charge is 2.20. The quantitative estimate of drug-likeness (QED) is 0.678. The number of benzene rings is 1. The molecule has 1 aliphatic rings. The molecule has 0 aliphatic carbocycles. The van der Waals surface area contributed by atoms with Crippen LogP contribution in [0.1, 0.15) is 27.3 Å². The molecule has 1 aliphatic heterocycles. The van der Waals surface area contributed by atoms with Crippen LogP contribution in [0.3, 0.4) is 0 Å². The van der Waals surface area contributed by atoms with Crippen LogP contribution >= 0.6 is 0 Å². The van der Waals surface area contributed by atoms with E-state index in [4.69, 9.17) is 0 Å². The smallest absolute Gasteiger partial charge is 0.170 e. The minimum absolute atomic E-state index is 0.578. The van der Waals surface area contributed by atoms with Crippen LogP contribution in [0.2, 0.25) is 0 Å². The van der Waals surface area contributed by atoms with Crippen molar-refractivity contribution in [3.8, 4) is 5.69 Å². The molecule has 16 heavy (non-hydrogen) atoms. The summed E-state index contributed by atoms with van der Waals surface area (Å²) in [4.78, 5) is 15.0. The van der Waals surface area contributed by atoms with Gasteiger partial charge < -0.3 is 4.57 Å². The van der Waals surface area contributed by atoms with Crippen LogP contribution in [0, 0.1) is 6.92 Å². The van der Waals surface area contributed by atoms with E-state index in [1.807, 2.05) is 0 Å². The van der Waals surface area contributed by atoms with E-state index < -0.39 is 0 Å². The maximum atomic E-state index is 10.9. The number of carbonyl (C=O) groups is 1. The Kier molecular flexibility index (Phi) is 1.93. The molecular weight excluding hydrogens is 200 g/mol. The average molecular weight is 212 g/mol. The van der Waals surface area contributed by atoms with Gasteiger partial charge in [0.2, 0.25) is 0 Å². The van der Waals surface area contributed by atoms with Crippen molar-refractivity contribution in [1.29, 1.82) is 0 Å². The highest BCUT2D eigenvalue weighted by Crippen LogP contribution is 2.28. The third-order valence-electron chi connectivity index (χ3n) is 3.20. The summed E-state index contributed by atoms with van der Waals surface area (Å²) < 4.78 is 2.05. The Morgan fingerprint density at radius 1 is 1.38 bits per heavy atom. The molecule has 80 valence electrons. The fourth-order valence-corrected chi connectivity index (χ4v) is 2.45. The number of para-hydroxylation sites is 1. The normalized spacial score (nSPS) is 13.1. The lowest BCUT2D eigenvalue weighted by atomic mass is 9.98. The third-order valence-corrected chi connectivity index (χ3v) is 3.20. The zero-order chi connectivity index (χ0) is 11.1. The van der Waals surface area contributed by atoms with Gasteiger partial charge in [0, 0.05) is 0 Å². The van der Waals surface area contributed by atoms with Gasteiger partial charge in [0.25, 0.3) is 0 Å². The van der Waals surface area contributed by atoms with E-state index in [0.29, 0.717) is 5.69 Å². The van der Waals surface area contributed by atoms with Crippen LogP contribution in [0.5, 0.6) is 0 Å². The molecule has 0 radical (unpaired) electrons. The van der Waals surface area contributed by atoms with E-state index in [1.165, 1.54) is 16.8 Å². The lowest BCUT2D eigenvalue weighted by Gasteiger charge is -2.21. The maximum absolute atomic E-state index is 10.9. The number of rotatable bonds is 1. The molecule has 1 aromatic carbocycles. The molecule has 0 saturated carbocycles. The summed E-state index contributed by atoms with van der Waals surface area (Å²) in [5.74, 6) is 0. The zero-order valence-electron chi connectivity index (χ0n) is 9.10. The highest BCUT2D eigenvalue weighted by molar-refractivity contribution is 5.74. The van der Waals surface area contributed by atoms with E-state index >= 15 is 0 Å². The Morgan fingerprint density at radius 3 is 3.06 bits per heavy atom. The summed E-state index contributed by atoms with van der Waals surface area (Å²) in [6.07, 6.45) is 4.48. The van der Waals surface area contributed by atoms with Gasteiger partial charge in [-0.05, 0) is 30.9 Å². The molecule has 0 bridgehead atoms. The van der Waals surface area contributed by atoms with Gasteiger partial charge in [-0.15, -0.1) is 0 Å². The Morgan fingerprint density at radius 2 is 2.25 bits per heavy atom. The van der Waals surface area contributed by atoms with Crippen LogP contribution < -0.4 is 0 Å². The van der Waals surface area contributed by atoms with Crippen LogP contribution in [0.25, 0.3) is 5.69 Å². The standard InChI is InChI=1S/C13H12N2O/c1-9-3-2-4-10-5-6-12-11(7-16)14-8-15(12)13(9)10/h2-4,7-8H,5-6H2,1H3. The molecule has 3 nitrogen and oxygen atoms in total. The van der Waals surface area contributed by atoms with Crippen molar-refractivity contribution in [3.05, 3.63) is 47.0 Å². The number of hydrogen-bond donors (Lipinski definition) is 0. The van der Waals surface area contributed by atoms with Crippen molar-refractivity contribution >= 4 is 6.29 Å². The molecule has 0 atom stereocenters. The first kappa shape index (κ1) is 9.33. The van der Waals surface area contributed by atoms with Crippen molar-refractivity contribution in [3.63, 3.8) is 0 Å². The minimum Gasteiger partial charge on any atom is -0.302 e. The second-order valence-electron chi connectivity index (χ2n) is 4.15. The zero-order valence-corrected chi connectivity index (χ0v) is 9.10. The molecule has 3 rings (SSSR count). The summed E-state index contributed by atoms with van der Waals surface area (Å²) >= 11 is 0. The van der Waals surface area contributed by atoms with E-state index in [9.17, 15) is 4.79 Å². The summed E-state index contributed by atoms with van der Waals surface area (Å²) in [6.45, 7) is 2.09. The van der Waals surface area contributed by atoms with E-state index in [-0.39, 0.29) is 0 Å². The molecular formula is C13H12N2O. The van der Waals surface area contributed by atoms with Crippen molar-refractivity contribution in [1.82, 2.24) is 9.55 Å². The topological polar surface area (TPSA) is 34.9 Å². The van der Waals surface area contributed by atoms with Crippen LogP contribution in [-0.2, 0) is 12.8 Å². The fourth-order valence-electron chi connectivity index (χ4n) is 2.45. The maximum Gasteiger partial charge on any atom is 0.170 e. The first-order valence-electron chi connectivity index (χ1n) is 5.41. The van der Waals surface area contributed by atoms with Crippen LogP contribution in [0.15, 0.2) is 24.5 Å². The Balaban J connectivity index is 2.30.